The topological polar surface area (TPSA) is 73.1 Å². The lowest BCUT2D eigenvalue weighted by atomic mass is 10.1. The molecule has 0 radical (unpaired) electrons. The first kappa shape index (κ1) is 14.4. The highest BCUT2D eigenvalue weighted by Crippen LogP contribution is 2.24. The summed E-state index contributed by atoms with van der Waals surface area (Å²) in [6, 6.07) is 11.8. The lowest BCUT2D eigenvalue weighted by Crippen LogP contribution is -2.15. The number of hydrogen-bond acceptors (Lipinski definition) is 5. The van der Waals surface area contributed by atoms with Gasteiger partial charge in [0.05, 0.1) is 0 Å². The lowest BCUT2D eigenvalue weighted by Gasteiger charge is -2.17. The van der Waals surface area contributed by atoms with Crippen molar-refractivity contribution in [2.75, 3.05) is 12.0 Å². The Balaban J connectivity index is 2.43. The molecule has 3 N–H and O–H groups in total. The van der Waals surface area contributed by atoms with E-state index < -0.39 is 0 Å². The molecule has 0 fully saturated rings. The third-order valence-electron chi connectivity index (χ3n) is 2.98. The minimum atomic E-state index is -0.278. The average molecular weight is 272 g/mol. The number of anilines is 1. The van der Waals surface area contributed by atoms with Gasteiger partial charge in [0.25, 0.3) is 0 Å². The fraction of sp³-hybridized carbons (Fsp3) is 0.333. The molecule has 1 aromatic heterocycles. The van der Waals surface area contributed by atoms with Gasteiger partial charge in [-0.2, -0.15) is 0 Å². The van der Waals surface area contributed by atoms with Crippen LogP contribution in [0.15, 0.2) is 36.4 Å². The Morgan fingerprint density at radius 2 is 1.95 bits per heavy atom. The number of benzene rings is 1. The summed E-state index contributed by atoms with van der Waals surface area (Å²) >= 11 is 0. The molecule has 0 aliphatic heterocycles. The smallest absolute Gasteiger partial charge is 0.164 e. The van der Waals surface area contributed by atoms with Crippen LogP contribution in [0.1, 0.15) is 37.0 Å². The molecule has 2 rings (SSSR count). The van der Waals surface area contributed by atoms with Crippen LogP contribution in [0.3, 0.4) is 0 Å². The number of hydrazine groups is 1. The largest absolute Gasteiger partial charge is 0.366 e. The Labute approximate surface area is 119 Å². The Hall–Kier alpha value is -1.98. The molecule has 1 heterocycles. The van der Waals surface area contributed by atoms with E-state index >= 15 is 0 Å². The molecule has 0 amide bonds. The van der Waals surface area contributed by atoms with Crippen LogP contribution in [0.5, 0.6) is 0 Å². The molecule has 0 aliphatic rings. The van der Waals surface area contributed by atoms with Gasteiger partial charge in [0.15, 0.2) is 5.82 Å². The molecule has 0 aliphatic carbocycles. The van der Waals surface area contributed by atoms with E-state index in [1.165, 1.54) is 0 Å². The number of nitrogens with two attached hydrogens (primary N) is 1. The second kappa shape index (κ2) is 6.98. The van der Waals surface area contributed by atoms with E-state index in [1.54, 1.807) is 0 Å². The lowest BCUT2D eigenvalue weighted by molar-refractivity contribution is 0.0850. The van der Waals surface area contributed by atoms with Crippen LogP contribution in [0.4, 0.5) is 5.82 Å². The van der Waals surface area contributed by atoms with E-state index in [0.29, 0.717) is 18.2 Å². The van der Waals surface area contributed by atoms with E-state index in [1.807, 2.05) is 50.2 Å². The van der Waals surface area contributed by atoms with Crippen molar-refractivity contribution in [2.45, 2.75) is 26.4 Å². The maximum absolute atomic E-state index is 5.82. The average Bonchev–Trinajstić information content (AvgIpc) is 2.52. The van der Waals surface area contributed by atoms with Crippen molar-refractivity contribution >= 4 is 5.82 Å². The first-order valence-electron chi connectivity index (χ1n) is 6.79. The molecule has 1 atom stereocenters. The Kier molecular flexibility index (Phi) is 5.03. The predicted octanol–water partition coefficient (Wildman–Crippen LogP) is 2.45. The number of aromatic nitrogens is 2. The highest BCUT2D eigenvalue weighted by molar-refractivity contribution is 5.36. The van der Waals surface area contributed by atoms with Crippen LogP contribution in [-0.4, -0.2) is 16.6 Å². The second-order valence-electron chi connectivity index (χ2n) is 4.35. The third kappa shape index (κ3) is 3.31. The van der Waals surface area contributed by atoms with Crippen LogP contribution in [0, 0.1) is 0 Å². The maximum Gasteiger partial charge on any atom is 0.164 e. The van der Waals surface area contributed by atoms with E-state index in [4.69, 9.17) is 10.6 Å². The highest BCUT2D eigenvalue weighted by atomic mass is 16.5. The molecule has 1 aromatic carbocycles. The molecule has 0 bridgehead atoms. The van der Waals surface area contributed by atoms with E-state index in [0.717, 1.165) is 17.7 Å². The van der Waals surface area contributed by atoms with Gasteiger partial charge in [-0.05, 0) is 18.9 Å². The molecular formula is C15H20N4O. The van der Waals surface area contributed by atoms with E-state index in [2.05, 4.69) is 15.4 Å². The highest BCUT2D eigenvalue weighted by Gasteiger charge is 2.18. The van der Waals surface area contributed by atoms with Crippen LogP contribution < -0.4 is 11.3 Å². The normalized spacial score (nSPS) is 12.2. The molecule has 0 spiro atoms. The third-order valence-corrected chi connectivity index (χ3v) is 2.98. The standard InChI is InChI=1S/C15H20N4O/c1-3-12-10-13(19-16)18-15(17-12)14(20-4-2)11-8-6-5-7-9-11/h5-10,14H,3-4,16H2,1-2H3,(H,17,18,19). The summed E-state index contributed by atoms with van der Waals surface area (Å²) in [4.78, 5) is 8.99. The van der Waals surface area contributed by atoms with Crippen molar-refractivity contribution in [2.24, 2.45) is 5.84 Å². The SMILES string of the molecule is CCOC(c1ccccc1)c1nc(CC)cc(NN)n1. The van der Waals surface area contributed by atoms with Gasteiger partial charge in [-0.25, -0.2) is 15.8 Å². The summed E-state index contributed by atoms with van der Waals surface area (Å²) in [6.07, 6.45) is 0.539. The van der Waals surface area contributed by atoms with Crippen LogP contribution in [0.2, 0.25) is 0 Å². The molecule has 1 unspecified atom stereocenters. The molecule has 5 nitrogen and oxygen atoms in total. The zero-order valence-electron chi connectivity index (χ0n) is 11.8. The molecule has 2 aromatic rings. The minimum absolute atomic E-state index is 0.278. The van der Waals surface area contributed by atoms with Gasteiger partial charge in [-0.3, -0.25) is 0 Å². The van der Waals surface area contributed by atoms with Crippen molar-refractivity contribution in [3.05, 3.63) is 53.5 Å². The molecule has 5 heteroatoms. The van der Waals surface area contributed by atoms with Crippen molar-refractivity contribution in [1.29, 1.82) is 0 Å². The van der Waals surface area contributed by atoms with Crippen molar-refractivity contribution in [1.82, 2.24) is 9.97 Å². The monoisotopic (exact) mass is 272 g/mol. The number of hydrogen-bond donors (Lipinski definition) is 2. The first-order chi connectivity index (χ1) is 9.78. The number of ether oxygens (including phenoxy) is 1. The van der Waals surface area contributed by atoms with Crippen LogP contribution >= 0.6 is 0 Å². The van der Waals surface area contributed by atoms with Gasteiger partial charge >= 0.3 is 0 Å². The fourth-order valence-corrected chi connectivity index (χ4v) is 2.00. The molecule has 20 heavy (non-hydrogen) atoms. The van der Waals surface area contributed by atoms with Crippen LogP contribution in [-0.2, 0) is 11.2 Å². The summed E-state index contributed by atoms with van der Waals surface area (Å²) < 4.78 is 5.82. The summed E-state index contributed by atoms with van der Waals surface area (Å²) in [5.74, 6) is 6.71. The van der Waals surface area contributed by atoms with Gasteiger partial charge in [0.1, 0.15) is 11.9 Å². The summed E-state index contributed by atoms with van der Waals surface area (Å²) in [5, 5.41) is 0. The fourth-order valence-electron chi connectivity index (χ4n) is 2.00. The van der Waals surface area contributed by atoms with Gasteiger partial charge in [-0.1, -0.05) is 37.3 Å². The Morgan fingerprint density at radius 1 is 1.20 bits per heavy atom. The van der Waals surface area contributed by atoms with Crippen LogP contribution in [0.25, 0.3) is 0 Å². The number of aryl methyl sites for hydroxylation is 1. The summed E-state index contributed by atoms with van der Waals surface area (Å²) in [7, 11) is 0. The summed E-state index contributed by atoms with van der Waals surface area (Å²) in [6.45, 7) is 4.59. The second-order valence-corrected chi connectivity index (χ2v) is 4.35. The maximum atomic E-state index is 5.82. The van der Waals surface area contributed by atoms with Crippen molar-refractivity contribution in [3.63, 3.8) is 0 Å². The number of nitrogen functional groups attached to an aromatic ring is 1. The zero-order valence-corrected chi connectivity index (χ0v) is 11.8. The van der Waals surface area contributed by atoms with Gasteiger partial charge in [-0.15, -0.1) is 0 Å². The zero-order chi connectivity index (χ0) is 14.4. The number of nitrogens with one attached hydrogen (secondary N) is 1. The Bertz CT molecular complexity index is 523. The predicted molar refractivity (Wildman–Crippen MR) is 79.1 cm³/mol. The first-order valence-corrected chi connectivity index (χ1v) is 6.79. The van der Waals surface area contributed by atoms with E-state index in [-0.39, 0.29) is 6.10 Å². The number of nitrogens with zero attached hydrogens (tertiary/aromatic N) is 2. The number of rotatable bonds is 6. The van der Waals surface area contributed by atoms with Crippen molar-refractivity contribution in [3.8, 4) is 0 Å². The summed E-state index contributed by atoms with van der Waals surface area (Å²) in [5.41, 5.74) is 4.55. The minimum Gasteiger partial charge on any atom is -0.366 e. The van der Waals surface area contributed by atoms with E-state index in [9.17, 15) is 0 Å². The van der Waals surface area contributed by atoms with Gasteiger partial charge < -0.3 is 10.2 Å². The van der Waals surface area contributed by atoms with Gasteiger partial charge in [0.2, 0.25) is 0 Å². The van der Waals surface area contributed by atoms with Crippen molar-refractivity contribution < 1.29 is 4.74 Å². The molecule has 0 saturated heterocycles. The van der Waals surface area contributed by atoms with Gasteiger partial charge in [0, 0.05) is 18.4 Å². The molecule has 0 saturated carbocycles. The quantitative estimate of drug-likeness (QED) is 0.624. The Morgan fingerprint density at radius 3 is 2.55 bits per heavy atom. The molecule has 106 valence electrons. The molecular weight excluding hydrogens is 252 g/mol.